The molecule has 0 saturated heterocycles. The molecule has 0 aliphatic carbocycles. The number of hydrogen-bond donors (Lipinski definition) is 1. The summed E-state index contributed by atoms with van der Waals surface area (Å²) in [6.45, 7) is 7.83. The fourth-order valence-electron chi connectivity index (χ4n) is 2.25. The first-order valence-corrected chi connectivity index (χ1v) is 9.22. The van der Waals surface area contributed by atoms with Crippen molar-refractivity contribution in [3.63, 3.8) is 0 Å². The monoisotopic (exact) mass is 293 g/mol. The van der Waals surface area contributed by atoms with Gasteiger partial charge in [0.2, 0.25) is 0 Å². The van der Waals surface area contributed by atoms with E-state index in [4.69, 9.17) is 0 Å². The first-order chi connectivity index (χ1) is 9.77. The zero-order chi connectivity index (χ0) is 14.6. The van der Waals surface area contributed by atoms with Crippen LogP contribution in [0.25, 0.3) is 0 Å². The van der Waals surface area contributed by atoms with Crippen LogP contribution in [-0.2, 0) is 0 Å². The summed E-state index contributed by atoms with van der Waals surface area (Å²) in [5.41, 5.74) is 1.41. The van der Waals surface area contributed by atoms with E-state index in [1.54, 1.807) is 0 Å². The molecule has 0 amide bonds. The van der Waals surface area contributed by atoms with Crippen molar-refractivity contribution in [2.75, 3.05) is 12.3 Å². The van der Waals surface area contributed by atoms with E-state index in [1.807, 2.05) is 11.8 Å². The van der Waals surface area contributed by atoms with Crippen molar-refractivity contribution in [1.82, 2.24) is 5.32 Å². The Bertz CT molecular complexity index is 351. The van der Waals surface area contributed by atoms with Crippen LogP contribution in [0.4, 0.5) is 0 Å². The van der Waals surface area contributed by atoms with Crippen LogP contribution in [0.2, 0.25) is 0 Å². The van der Waals surface area contributed by atoms with E-state index in [-0.39, 0.29) is 0 Å². The maximum absolute atomic E-state index is 3.56. The third kappa shape index (κ3) is 7.35. The highest BCUT2D eigenvalue weighted by atomic mass is 32.2. The zero-order valence-electron chi connectivity index (χ0n) is 13.5. The molecule has 0 saturated carbocycles. The predicted molar refractivity (Wildman–Crippen MR) is 92.6 cm³/mol. The van der Waals surface area contributed by atoms with Gasteiger partial charge >= 0.3 is 0 Å². The first kappa shape index (κ1) is 17.6. The lowest BCUT2D eigenvalue weighted by atomic mass is 10.1. The fourth-order valence-corrected chi connectivity index (χ4v) is 3.23. The van der Waals surface area contributed by atoms with E-state index in [2.05, 4.69) is 50.4 Å². The summed E-state index contributed by atoms with van der Waals surface area (Å²) < 4.78 is 0. The van der Waals surface area contributed by atoms with Gasteiger partial charge in [-0.1, -0.05) is 51.7 Å². The number of hydrogen-bond acceptors (Lipinski definition) is 2. The van der Waals surface area contributed by atoms with Crippen molar-refractivity contribution < 1.29 is 0 Å². The molecule has 0 aromatic heterocycles. The summed E-state index contributed by atoms with van der Waals surface area (Å²) in [7, 11) is 0. The van der Waals surface area contributed by atoms with Crippen LogP contribution in [0.1, 0.15) is 70.9 Å². The summed E-state index contributed by atoms with van der Waals surface area (Å²) in [5.74, 6) is 1.25. The van der Waals surface area contributed by atoms with E-state index in [1.165, 1.54) is 54.7 Å². The molecule has 1 atom stereocenters. The molecule has 0 radical (unpaired) electrons. The van der Waals surface area contributed by atoms with Crippen LogP contribution in [0.5, 0.6) is 0 Å². The average Bonchev–Trinajstić information content (AvgIpc) is 2.48. The molecule has 0 bridgehead atoms. The van der Waals surface area contributed by atoms with Gasteiger partial charge in [-0.2, -0.15) is 0 Å². The van der Waals surface area contributed by atoms with Crippen LogP contribution in [0.3, 0.4) is 0 Å². The highest BCUT2D eigenvalue weighted by molar-refractivity contribution is 7.99. The lowest BCUT2D eigenvalue weighted by Gasteiger charge is -2.14. The van der Waals surface area contributed by atoms with Crippen LogP contribution in [0.15, 0.2) is 29.2 Å². The molecule has 0 heterocycles. The normalized spacial score (nSPS) is 12.6. The molecule has 1 nitrogen and oxygen atoms in total. The van der Waals surface area contributed by atoms with E-state index in [0.717, 1.165) is 6.54 Å². The largest absolute Gasteiger partial charge is 0.310 e. The molecular formula is C18H31NS. The summed E-state index contributed by atoms with van der Waals surface area (Å²) in [6.07, 6.45) is 8.04. The smallest absolute Gasteiger partial charge is 0.0292 e. The molecule has 1 rings (SSSR count). The molecular weight excluding hydrogens is 262 g/mol. The van der Waals surface area contributed by atoms with Crippen LogP contribution in [-0.4, -0.2) is 12.3 Å². The van der Waals surface area contributed by atoms with Gasteiger partial charge in [-0.05, 0) is 49.8 Å². The Labute approximate surface area is 129 Å². The lowest BCUT2D eigenvalue weighted by molar-refractivity contribution is 0.570. The minimum Gasteiger partial charge on any atom is -0.310 e. The van der Waals surface area contributed by atoms with E-state index < -0.39 is 0 Å². The Morgan fingerprint density at radius 1 is 1.05 bits per heavy atom. The second-order valence-corrected chi connectivity index (χ2v) is 6.68. The molecule has 1 aromatic rings. The standard InChI is InChI=1S/C18H31NS/c1-4-6-7-8-9-14-20-18-12-10-11-17(15-18)16(3)19-13-5-2/h10-12,15-16,19H,4-9,13-14H2,1-3H3. The molecule has 2 heteroatoms. The van der Waals surface area contributed by atoms with Crippen LogP contribution in [0, 0.1) is 0 Å². The Morgan fingerprint density at radius 3 is 2.60 bits per heavy atom. The summed E-state index contributed by atoms with van der Waals surface area (Å²) >= 11 is 2.01. The average molecular weight is 294 g/mol. The van der Waals surface area contributed by atoms with Crippen molar-refractivity contribution in [2.45, 2.75) is 70.2 Å². The molecule has 1 unspecified atom stereocenters. The third-order valence-corrected chi connectivity index (χ3v) is 4.66. The van der Waals surface area contributed by atoms with Crippen LogP contribution >= 0.6 is 11.8 Å². The van der Waals surface area contributed by atoms with Gasteiger partial charge in [0.05, 0.1) is 0 Å². The molecule has 0 spiro atoms. The van der Waals surface area contributed by atoms with E-state index in [0.29, 0.717) is 6.04 Å². The van der Waals surface area contributed by atoms with E-state index in [9.17, 15) is 0 Å². The second kappa shape index (κ2) is 11.2. The fraction of sp³-hybridized carbons (Fsp3) is 0.667. The van der Waals surface area contributed by atoms with Crippen molar-refractivity contribution in [3.05, 3.63) is 29.8 Å². The Kier molecular flexibility index (Phi) is 9.86. The Balaban J connectivity index is 2.32. The van der Waals surface area contributed by atoms with E-state index >= 15 is 0 Å². The Morgan fingerprint density at radius 2 is 1.85 bits per heavy atom. The third-order valence-electron chi connectivity index (χ3n) is 3.58. The predicted octanol–water partition coefficient (Wildman–Crippen LogP) is 5.81. The highest BCUT2D eigenvalue weighted by Crippen LogP contribution is 2.23. The second-order valence-electron chi connectivity index (χ2n) is 5.51. The highest BCUT2D eigenvalue weighted by Gasteiger charge is 2.04. The first-order valence-electron chi connectivity index (χ1n) is 8.24. The van der Waals surface area contributed by atoms with Crippen LogP contribution < -0.4 is 5.32 Å². The number of nitrogens with one attached hydrogen (secondary N) is 1. The number of rotatable bonds is 11. The minimum absolute atomic E-state index is 0.458. The number of benzene rings is 1. The van der Waals surface area contributed by atoms with Gasteiger partial charge in [0, 0.05) is 10.9 Å². The molecule has 0 aliphatic rings. The zero-order valence-corrected chi connectivity index (χ0v) is 14.3. The van der Waals surface area contributed by atoms with Gasteiger partial charge < -0.3 is 5.32 Å². The quantitative estimate of drug-likeness (QED) is 0.408. The van der Waals surface area contributed by atoms with Crippen molar-refractivity contribution in [3.8, 4) is 0 Å². The maximum atomic E-state index is 3.56. The molecule has 1 aromatic carbocycles. The molecule has 114 valence electrons. The summed E-state index contributed by atoms with van der Waals surface area (Å²) in [6, 6.07) is 9.48. The lowest BCUT2D eigenvalue weighted by Crippen LogP contribution is -2.19. The maximum Gasteiger partial charge on any atom is 0.0292 e. The summed E-state index contributed by atoms with van der Waals surface area (Å²) in [4.78, 5) is 1.42. The SMILES string of the molecule is CCCCCCCSc1cccc(C(C)NCCC)c1. The van der Waals surface area contributed by atoms with Gasteiger partial charge in [-0.25, -0.2) is 0 Å². The summed E-state index contributed by atoms with van der Waals surface area (Å²) in [5, 5.41) is 3.56. The van der Waals surface area contributed by atoms with Gasteiger partial charge in [0.1, 0.15) is 0 Å². The molecule has 0 fully saturated rings. The minimum atomic E-state index is 0.458. The van der Waals surface area contributed by atoms with Gasteiger partial charge in [-0.3, -0.25) is 0 Å². The molecule has 20 heavy (non-hydrogen) atoms. The number of thioether (sulfide) groups is 1. The van der Waals surface area contributed by atoms with Crippen molar-refractivity contribution >= 4 is 11.8 Å². The van der Waals surface area contributed by atoms with Gasteiger partial charge in [-0.15, -0.1) is 11.8 Å². The van der Waals surface area contributed by atoms with Crippen molar-refractivity contribution in [2.24, 2.45) is 0 Å². The topological polar surface area (TPSA) is 12.0 Å². The number of unbranched alkanes of at least 4 members (excludes halogenated alkanes) is 4. The van der Waals surface area contributed by atoms with Crippen molar-refractivity contribution in [1.29, 1.82) is 0 Å². The van der Waals surface area contributed by atoms with Gasteiger partial charge in [0.25, 0.3) is 0 Å². The molecule has 1 N–H and O–H groups in total. The Hall–Kier alpha value is -0.470. The molecule has 0 aliphatic heterocycles. The van der Waals surface area contributed by atoms with Gasteiger partial charge in [0.15, 0.2) is 0 Å².